The normalized spacial score (nSPS) is 11.5. The Morgan fingerprint density at radius 2 is 1.64 bits per heavy atom. The summed E-state index contributed by atoms with van der Waals surface area (Å²) in [6, 6.07) is 16.8. The van der Waals surface area contributed by atoms with Crippen LogP contribution in [0.5, 0.6) is 17.2 Å². The number of hydrogen-bond donors (Lipinski definition) is 1. The number of benzene rings is 2. The minimum absolute atomic E-state index is 0.120. The van der Waals surface area contributed by atoms with E-state index in [0.717, 1.165) is 11.3 Å². The number of anilines is 1. The lowest BCUT2D eigenvalue weighted by Gasteiger charge is -2.20. The molecule has 0 fully saturated rings. The molecule has 6 heteroatoms. The van der Waals surface area contributed by atoms with Gasteiger partial charge in [-0.1, -0.05) is 12.1 Å². The quantitative estimate of drug-likeness (QED) is 0.638. The molecule has 1 heterocycles. The number of rotatable bonds is 8. The van der Waals surface area contributed by atoms with Gasteiger partial charge >= 0.3 is 0 Å². The molecule has 0 aliphatic carbocycles. The molecule has 0 aliphatic heterocycles. The highest BCUT2D eigenvalue weighted by Gasteiger charge is 2.19. The van der Waals surface area contributed by atoms with Gasteiger partial charge in [0.1, 0.15) is 17.2 Å². The van der Waals surface area contributed by atoms with E-state index < -0.39 is 0 Å². The van der Waals surface area contributed by atoms with Crippen molar-refractivity contribution in [2.24, 2.45) is 0 Å². The Bertz CT molecular complexity index is 922. The molecule has 3 aromatic rings. The van der Waals surface area contributed by atoms with Crippen molar-refractivity contribution in [2.75, 3.05) is 26.6 Å². The van der Waals surface area contributed by atoms with Crippen LogP contribution >= 0.6 is 0 Å². The lowest BCUT2D eigenvalue weighted by molar-refractivity contribution is -0.116. The molecule has 6 nitrogen and oxygen atoms in total. The summed E-state index contributed by atoms with van der Waals surface area (Å²) in [6.07, 6.45) is 4.16. The van der Waals surface area contributed by atoms with Gasteiger partial charge < -0.3 is 24.1 Å². The molecule has 28 heavy (non-hydrogen) atoms. The average Bonchev–Trinajstić information content (AvgIpc) is 3.27. The number of methoxy groups -OCH3 is 3. The minimum Gasteiger partial charge on any atom is -0.497 e. The first kappa shape index (κ1) is 19.4. The van der Waals surface area contributed by atoms with E-state index >= 15 is 0 Å². The molecule has 0 radical (unpaired) electrons. The standard InChI is InChI=1S/C22H24N2O4/c1-26-17-8-6-7-16(13-17)20(24-11-4-5-12-24)15-22(25)23-19-10-9-18(27-2)14-21(19)28-3/h4-14,20H,15H2,1-3H3,(H,23,25)/t20-/m1/s1. The van der Waals surface area contributed by atoms with Crippen molar-refractivity contribution in [3.8, 4) is 17.2 Å². The average molecular weight is 380 g/mol. The molecule has 0 bridgehead atoms. The second-order valence-corrected chi connectivity index (χ2v) is 6.24. The van der Waals surface area contributed by atoms with Crippen LogP contribution in [0.4, 0.5) is 5.69 Å². The lowest BCUT2D eigenvalue weighted by atomic mass is 10.0. The number of amides is 1. The van der Waals surface area contributed by atoms with Crippen LogP contribution in [0.15, 0.2) is 67.0 Å². The van der Waals surface area contributed by atoms with E-state index in [2.05, 4.69) is 5.32 Å². The van der Waals surface area contributed by atoms with Gasteiger partial charge in [0.15, 0.2) is 0 Å². The fourth-order valence-electron chi connectivity index (χ4n) is 3.08. The fraction of sp³-hybridized carbons (Fsp3) is 0.227. The Hall–Kier alpha value is -3.41. The van der Waals surface area contributed by atoms with Crippen LogP contribution in [0, 0.1) is 0 Å². The molecule has 1 N–H and O–H groups in total. The first-order chi connectivity index (χ1) is 13.6. The second-order valence-electron chi connectivity index (χ2n) is 6.24. The van der Waals surface area contributed by atoms with Crippen molar-refractivity contribution in [1.29, 1.82) is 0 Å². The summed E-state index contributed by atoms with van der Waals surface area (Å²) in [6.45, 7) is 0. The lowest BCUT2D eigenvalue weighted by Crippen LogP contribution is -2.20. The molecular weight excluding hydrogens is 356 g/mol. The van der Waals surface area contributed by atoms with Crippen LogP contribution < -0.4 is 19.5 Å². The summed E-state index contributed by atoms with van der Waals surface area (Å²) in [7, 11) is 4.78. The summed E-state index contributed by atoms with van der Waals surface area (Å²) >= 11 is 0. The Balaban J connectivity index is 1.82. The van der Waals surface area contributed by atoms with Crippen molar-refractivity contribution in [2.45, 2.75) is 12.5 Å². The van der Waals surface area contributed by atoms with Crippen LogP contribution in [0.3, 0.4) is 0 Å². The van der Waals surface area contributed by atoms with Crippen LogP contribution in [-0.2, 0) is 4.79 Å². The first-order valence-electron chi connectivity index (χ1n) is 8.93. The molecule has 0 saturated carbocycles. The Morgan fingerprint density at radius 3 is 2.32 bits per heavy atom. The molecule has 146 valence electrons. The highest BCUT2D eigenvalue weighted by molar-refractivity contribution is 5.93. The molecule has 0 aliphatic rings. The van der Waals surface area contributed by atoms with Crippen molar-refractivity contribution < 1.29 is 19.0 Å². The summed E-state index contributed by atoms with van der Waals surface area (Å²) in [5.74, 6) is 1.85. The molecule has 1 atom stereocenters. The van der Waals surface area contributed by atoms with Gasteiger partial charge in [0.25, 0.3) is 0 Å². The third-order valence-electron chi connectivity index (χ3n) is 4.53. The van der Waals surface area contributed by atoms with Gasteiger partial charge in [-0.05, 0) is 42.0 Å². The molecule has 0 spiro atoms. The maximum absolute atomic E-state index is 12.8. The van der Waals surface area contributed by atoms with Gasteiger partial charge in [-0.3, -0.25) is 4.79 Å². The SMILES string of the molecule is COc1cccc([C@@H](CC(=O)Nc2ccc(OC)cc2OC)n2cccc2)c1. The molecule has 0 unspecified atom stereocenters. The molecule has 3 rings (SSSR count). The third-order valence-corrected chi connectivity index (χ3v) is 4.53. The van der Waals surface area contributed by atoms with E-state index in [9.17, 15) is 4.79 Å². The smallest absolute Gasteiger partial charge is 0.226 e. The number of carbonyl (C=O) groups excluding carboxylic acids is 1. The molecule has 2 aromatic carbocycles. The Kier molecular flexibility index (Phi) is 6.22. The van der Waals surface area contributed by atoms with Crippen molar-refractivity contribution >= 4 is 11.6 Å². The van der Waals surface area contributed by atoms with Gasteiger partial charge in [0.2, 0.25) is 5.91 Å². The summed E-state index contributed by atoms with van der Waals surface area (Å²) < 4.78 is 17.9. The third kappa shape index (κ3) is 4.46. The van der Waals surface area contributed by atoms with Gasteiger partial charge in [-0.15, -0.1) is 0 Å². The van der Waals surface area contributed by atoms with E-state index in [-0.39, 0.29) is 18.4 Å². The van der Waals surface area contributed by atoms with E-state index in [1.165, 1.54) is 0 Å². The predicted octanol–water partition coefficient (Wildman–Crippen LogP) is 4.13. The van der Waals surface area contributed by atoms with Crippen molar-refractivity contribution in [3.05, 3.63) is 72.6 Å². The molecule has 1 aromatic heterocycles. The number of nitrogens with one attached hydrogen (secondary N) is 1. The topological polar surface area (TPSA) is 61.7 Å². The van der Waals surface area contributed by atoms with E-state index in [4.69, 9.17) is 14.2 Å². The predicted molar refractivity (Wildman–Crippen MR) is 108 cm³/mol. The molecular formula is C22H24N2O4. The highest BCUT2D eigenvalue weighted by Crippen LogP contribution is 2.30. The zero-order chi connectivity index (χ0) is 19.9. The first-order valence-corrected chi connectivity index (χ1v) is 8.93. The van der Waals surface area contributed by atoms with Crippen LogP contribution in [0.1, 0.15) is 18.0 Å². The van der Waals surface area contributed by atoms with Crippen molar-refractivity contribution in [3.63, 3.8) is 0 Å². The number of hydrogen-bond acceptors (Lipinski definition) is 4. The monoisotopic (exact) mass is 380 g/mol. The van der Waals surface area contributed by atoms with E-state index in [0.29, 0.717) is 17.2 Å². The molecule has 1 amide bonds. The van der Waals surface area contributed by atoms with Crippen LogP contribution in [0.25, 0.3) is 0 Å². The number of carbonyl (C=O) groups is 1. The highest BCUT2D eigenvalue weighted by atomic mass is 16.5. The van der Waals surface area contributed by atoms with E-state index in [1.807, 2.05) is 53.4 Å². The Morgan fingerprint density at radius 1 is 0.929 bits per heavy atom. The summed E-state index contributed by atoms with van der Waals surface area (Å²) in [5, 5.41) is 2.94. The van der Waals surface area contributed by atoms with Crippen LogP contribution in [-0.4, -0.2) is 31.8 Å². The summed E-state index contributed by atoms with van der Waals surface area (Å²) in [5.41, 5.74) is 1.59. The van der Waals surface area contributed by atoms with Gasteiger partial charge in [-0.25, -0.2) is 0 Å². The number of aromatic nitrogens is 1. The van der Waals surface area contributed by atoms with Crippen LogP contribution in [0.2, 0.25) is 0 Å². The zero-order valence-electron chi connectivity index (χ0n) is 16.2. The molecule has 0 saturated heterocycles. The number of nitrogens with zero attached hydrogens (tertiary/aromatic N) is 1. The van der Waals surface area contributed by atoms with E-state index in [1.54, 1.807) is 39.5 Å². The zero-order valence-corrected chi connectivity index (χ0v) is 16.2. The summed E-state index contributed by atoms with van der Waals surface area (Å²) in [4.78, 5) is 12.8. The Labute approximate surface area is 164 Å². The minimum atomic E-state index is -0.158. The largest absolute Gasteiger partial charge is 0.497 e. The fourth-order valence-corrected chi connectivity index (χ4v) is 3.08. The van der Waals surface area contributed by atoms with Gasteiger partial charge in [0.05, 0.1) is 39.5 Å². The number of ether oxygens (including phenoxy) is 3. The van der Waals surface area contributed by atoms with Gasteiger partial charge in [0, 0.05) is 18.5 Å². The van der Waals surface area contributed by atoms with Gasteiger partial charge in [-0.2, -0.15) is 0 Å². The van der Waals surface area contributed by atoms with Crippen molar-refractivity contribution in [1.82, 2.24) is 4.57 Å². The second kappa shape index (κ2) is 8.99. The maximum Gasteiger partial charge on any atom is 0.226 e. The maximum atomic E-state index is 12.8.